The van der Waals surface area contributed by atoms with Gasteiger partial charge in [0, 0.05) is 28.4 Å². The van der Waals surface area contributed by atoms with Crippen molar-refractivity contribution in [3.8, 4) is 0 Å². The maximum Gasteiger partial charge on any atom is 0.220 e. The highest BCUT2D eigenvalue weighted by atomic mass is 15.5. The zero-order valence-electron chi connectivity index (χ0n) is 27.8. The summed E-state index contributed by atoms with van der Waals surface area (Å²) in [7, 11) is 0. The number of benzene rings is 6. The predicted octanol–water partition coefficient (Wildman–Crippen LogP) is 11.7. The molecule has 0 spiro atoms. The minimum absolute atomic E-state index is 0.749. The minimum Gasteiger partial charge on any atom is -0.370 e. The Kier molecular flexibility index (Phi) is 10.7. The average molecular weight is 631 g/mol. The zero-order chi connectivity index (χ0) is 32.9. The quantitative estimate of drug-likeness (QED) is 0.0735. The maximum absolute atomic E-state index is 4.22. The first-order valence-electron chi connectivity index (χ1n) is 17.2. The average Bonchev–Trinajstić information content (AvgIpc) is 3.15. The summed E-state index contributed by atoms with van der Waals surface area (Å²) in [5, 5.41) is 12.6. The van der Waals surface area contributed by atoms with Gasteiger partial charge in [-0.2, -0.15) is 0 Å². The second-order valence-electron chi connectivity index (χ2n) is 12.3. The van der Waals surface area contributed by atoms with E-state index in [0.29, 0.717) is 0 Å². The minimum atomic E-state index is -1.03. The molecule has 4 nitrogen and oxygen atoms in total. The van der Waals surface area contributed by atoms with Gasteiger partial charge in [-0.15, -0.1) is 0 Å². The lowest BCUT2D eigenvalue weighted by atomic mass is 9.75. The van der Waals surface area contributed by atoms with Crippen LogP contribution >= 0.6 is 0 Å². The molecule has 1 atom stereocenters. The molecule has 3 N–H and O–H groups in total. The molecule has 0 radical (unpaired) electrons. The Morgan fingerprint density at radius 3 is 1.21 bits per heavy atom. The largest absolute Gasteiger partial charge is 0.370 e. The topological polar surface area (TPSA) is 39.3 Å². The van der Waals surface area contributed by atoms with E-state index in [4.69, 9.17) is 0 Å². The number of para-hydroxylation sites is 5. The molecule has 0 fully saturated rings. The summed E-state index contributed by atoms with van der Waals surface area (Å²) in [5.41, 5.74) is 5.59. The van der Waals surface area contributed by atoms with Gasteiger partial charge in [0.25, 0.3) is 0 Å². The van der Waals surface area contributed by atoms with Crippen LogP contribution in [0.4, 0.5) is 28.4 Å². The fraction of sp³-hybridized carbons (Fsp3) is 0.182. The highest BCUT2D eigenvalue weighted by molar-refractivity contribution is 5.74. The van der Waals surface area contributed by atoms with Gasteiger partial charge < -0.3 is 16.0 Å². The third-order valence-electron chi connectivity index (χ3n) is 8.98. The van der Waals surface area contributed by atoms with Gasteiger partial charge in [-0.1, -0.05) is 154 Å². The summed E-state index contributed by atoms with van der Waals surface area (Å²) in [6.07, 6.45) is 5.34. The molecule has 0 aromatic heterocycles. The number of nitrogens with zero attached hydrogens (tertiary/aromatic N) is 1. The third-order valence-corrected chi connectivity index (χ3v) is 8.98. The molecule has 0 aliphatic rings. The van der Waals surface area contributed by atoms with Crippen LogP contribution in [0.15, 0.2) is 182 Å². The van der Waals surface area contributed by atoms with Gasteiger partial charge in [-0.3, -0.25) is 4.90 Å². The van der Waals surface area contributed by atoms with E-state index < -0.39 is 11.3 Å². The Labute approximate surface area is 286 Å². The van der Waals surface area contributed by atoms with Crippen LogP contribution in [0.2, 0.25) is 0 Å². The molecule has 0 saturated heterocycles. The lowest BCUT2D eigenvalue weighted by molar-refractivity contribution is 0.279. The van der Waals surface area contributed by atoms with Gasteiger partial charge in [0.1, 0.15) is 5.54 Å². The van der Waals surface area contributed by atoms with Gasteiger partial charge in [-0.25, -0.2) is 0 Å². The molecule has 6 rings (SSSR count). The molecule has 0 aliphatic heterocycles. The van der Waals surface area contributed by atoms with Crippen LogP contribution in [-0.4, -0.2) is 5.79 Å². The van der Waals surface area contributed by atoms with Crippen LogP contribution in [-0.2, 0) is 5.54 Å². The fourth-order valence-electron chi connectivity index (χ4n) is 6.77. The third kappa shape index (κ3) is 7.24. The van der Waals surface area contributed by atoms with Crippen molar-refractivity contribution in [3.63, 3.8) is 0 Å². The Morgan fingerprint density at radius 1 is 0.417 bits per heavy atom. The van der Waals surface area contributed by atoms with Crippen molar-refractivity contribution in [3.05, 3.63) is 188 Å². The number of unbranched alkanes of at least 4 members (excludes halogenated alkanes) is 3. The summed E-state index contributed by atoms with van der Waals surface area (Å²) >= 11 is 0. The number of anilines is 5. The van der Waals surface area contributed by atoms with Crippen LogP contribution in [0.3, 0.4) is 0 Å². The monoisotopic (exact) mass is 630 g/mol. The summed E-state index contributed by atoms with van der Waals surface area (Å²) in [4.78, 5) is 2.45. The van der Waals surface area contributed by atoms with Crippen molar-refractivity contribution in [2.75, 3.05) is 20.9 Å². The number of rotatable bonds is 16. The summed E-state index contributed by atoms with van der Waals surface area (Å²) in [6, 6.07) is 64.3. The summed E-state index contributed by atoms with van der Waals surface area (Å²) in [5.74, 6) is -1.03. The normalized spacial score (nSPS) is 12.4. The number of hydrogen-bond donors (Lipinski definition) is 3. The second-order valence-corrected chi connectivity index (χ2v) is 12.3. The Bertz CT molecular complexity index is 1680. The smallest absolute Gasteiger partial charge is 0.220 e. The number of nitrogens with one attached hydrogen (secondary N) is 3. The molecule has 0 bridgehead atoms. The van der Waals surface area contributed by atoms with Gasteiger partial charge in [0.15, 0.2) is 0 Å². The number of hydrogen-bond acceptors (Lipinski definition) is 4. The lowest BCUT2D eigenvalue weighted by Crippen LogP contribution is -2.73. The van der Waals surface area contributed by atoms with Crippen molar-refractivity contribution in [2.45, 2.75) is 50.4 Å². The fourth-order valence-corrected chi connectivity index (χ4v) is 6.77. The molecule has 242 valence electrons. The van der Waals surface area contributed by atoms with E-state index >= 15 is 0 Å². The van der Waals surface area contributed by atoms with Gasteiger partial charge in [0.2, 0.25) is 5.79 Å². The van der Waals surface area contributed by atoms with E-state index in [1.165, 1.54) is 18.4 Å². The predicted molar refractivity (Wildman–Crippen MR) is 205 cm³/mol. The summed E-state index contributed by atoms with van der Waals surface area (Å²) in [6.45, 7) is 2.28. The SMILES string of the molecule is CCCCCCC(Nc1ccccc1)(c1ccccc1)C(Nc1ccccc1)(Nc1ccccc1)N(c1ccccc1)c1ccccc1. The Hall–Kier alpha value is -5.48. The molecule has 48 heavy (non-hydrogen) atoms. The zero-order valence-corrected chi connectivity index (χ0v) is 27.8. The van der Waals surface area contributed by atoms with Gasteiger partial charge in [-0.05, 0) is 72.6 Å². The van der Waals surface area contributed by atoms with Crippen LogP contribution in [0.5, 0.6) is 0 Å². The highest BCUT2D eigenvalue weighted by Crippen LogP contribution is 2.49. The molecule has 6 aromatic carbocycles. The molecule has 4 heteroatoms. The molecular formula is C44H46N4. The summed E-state index contributed by atoms with van der Waals surface area (Å²) < 4.78 is 0. The van der Waals surface area contributed by atoms with Crippen molar-refractivity contribution in [1.82, 2.24) is 0 Å². The Balaban J connectivity index is 1.75. The van der Waals surface area contributed by atoms with Crippen molar-refractivity contribution >= 4 is 28.4 Å². The molecule has 0 saturated carbocycles. The van der Waals surface area contributed by atoms with Crippen LogP contribution < -0.4 is 20.9 Å². The second kappa shape index (κ2) is 15.9. The van der Waals surface area contributed by atoms with Gasteiger partial charge in [0.05, 0.1) is 0 Å². The van der Waals surface area contributed by atoms with Crippen LogP contribution in [0, 0.1) is 0 Å². The van der Waals surface area contributed by atoms with Gasteiger partial charge >= 0.3 is 0 Å². The molecular weight excluding hydrogens is 585 g/mol. The van der Waals surface area contributed by atoms with E-state index in [2.05, 4.69) is 210 Å². The molecule has 0 heterocycles. The maximum atomic E-state index is 4.22. The van der Waals surface area contributed by atoms with E-state index in [0.717, 1.165) is 47.7 Å². The first-order valence-corrected chi connectivity index (χ1v) is 17.2. The Morgan fingerprint density at radius 2 is 0.792 bits per heavy atom. The van der Waals surface area contributed by atoms with E-state index in [1.54, 1.807) is 0 Å². The van der Waals surface area contributed by atoms with Crippen molar-refractivity contribution in [1.29, 1.82) is 0 Å². The van der Waals surface area contributed by atoms with E-state index in [1.807, 2.05) is 0 Å². The first-order chi connectivity index (χ1) is 23.7. The van der Waals surface area contributed by atoms with Crippen molar-refractivity contribution in [2.24, 2.45) is 0 Å². The lowest BCUT2D eigenvalue weighted by Gasteiger charge is -2.58. The first kappa shape index (κ1) is 32.5. The standard InChI is InChI=1S/C44H46N4/c1-2-3-4-23-36-43(37-24-11-5-12-25-37,45-38-26-13-6-14-27-38)44(46-39-28-15-7-16-29-39,47-40-30-17-8-18-31-40)48(41-32-19-9-20-33-41)42-34-21-10-22-35-42/h5-22,24-35,45-47H,2-4,23,36H2,1H3. The highest BCUT2D eigenvalue weighted by Gasteiger charge is 2.58. The van der Waals surface area contributed by atoms with E-state index in [9.17, 15) is 0 Å². The molecule has 0 aliphatic carbocycles. The molecule has 0 amide bonds. The van der Waals surface area contributed by atoms with Crippen molar-refractivity contribution < 1.29 is 0 Å². The van der Waals surface area contributed by atoms with E-state index in [-0.39, 0.29) is 0 Å². The van der Waals surface area contributed by atoms with Crippen LogP contribution in [0.25, 0.3) is 0 Å². The van der Waals surface area contributed by atoms with Crippen LogP contribution in [0.1, 0.15) is 44.6 Å². The molecule has 6 aromatic rings. The molecule has 1 unspecified atom stereocenters.